The average Bonchev–Trinajstić information content (AvgIpc) is 2.32. The fourth-order valence-corrected chi connectivity index (χ4v) is 1.54. The summed E-state index contributed by atoms with van der Waals surface area (Å²) in [6.45, 7) is 0. The molecule has 3 N–H and O–H groups in total. The standard InChI is InChI=1S/C13H11ClN2O2/c14-9-4-6-11(7-5-9)18-12-3-1-2-10(8-12)16-13(15)17/h1-8H,(H3,15,16,17). The SMILES string of the molecule is NC(=O)Nc1cccc(Oc2ccc(Cl)cc2)c1. The minimum absolute atomic E-state index is 0.578. The molecule has 0 aromatic heterocycles. The molecule has 18 heavy (non-hydrogen) atoms. The lowest BCUT2D eigenvalue weighted by molar-refractivity contribution is 0.259. The number of carbonyl (C=O) groups is 1. The van der Waals surface area contributed by atoms with Crippen LogP contribution in [0.5, 0.6) is 11.5 Å². The Morgan fingerprint density at radius 2 is 1.83 bits per heavy atom. The van der Waals surface area contributed by atoms with Gasteiger partial charge in [0.05, 0.1) is 0 Å². The van der Waals surface area contributed by atoms with Crippen LogP contribution in [0.25, 0.3) is 0 Å². The number of amides is 2. The van der Waals surface area contributed by atoms with Crippen molar-refractivity contribution in [2.75, 3.05) is 5.32 Å². The molecule has 0 radical (unpaired) electrons. The van der Waals surface area contributed by atoms with E-state index in [9.17, 15) is 4.79 Å². The Labute approximate surface area is 109 Å². The maximum Gasteiger partial charge on any atom is 0.316 e. The molecule has 4 nitrogen and oxygen atoms in total. The predicted octanol–water partition coefficient (Wildman–Crippen LogP) is 3.62. The maximum atomic E-state index is 10.7. The van der Waals surface area contributed by atoms with Gasteiger partial charge in [-0.1, -0.05) is 17.7 Å². The number of nitrogens with one attached hydrogen (secondary N) is 1. The van der Waals surface area contributed by atoms with Crippen LogP contribution in [0.3, 0.4) is 0 Å². The topological polar surface area (TPSA) is 64.4 Å². The van der Waals surface area contributed by atoms with Gasteiger partial charge in [-0.3, -0.25) is 0 Å². The molecule has 0 saturated carbocycles. The van der Waals surface area contributed by atoms with Gasteiger partial charge < -0.3 is 15.8 Å². The first-order valence-corrected chi connectivity index (χ1v) is 5.61. The molecule has 2 rings (SSSR count). The van der Waals surface area contributed by atoms with E-state index < -0.39 is 6.03 Å². The van der Waals surface area contributed by atoms with Crippen molar-refractivity contribution in [1.29, 1.82) is 0 Å². The minimum atomic E-state index is -0.612. The molecule has 0 atom stereocenters. The van der Waals surface area contributed by atoms with Gasteiger partial charge in [0, 0.05) is 16.8 Å². The highest BCUT2D eigenvalue weighted by molar-refractivity contribution is 6.30. The largest absolute Gasteiger partial charge is 0.457 e. The van der Waals surface area contributed by atoms with Gasteiger partial charge in [0.25, 0.3) is 0 Å². The van der Waals surface area contributed by atoms with Crippen molar-refractivity contribution in [2.24, 2.45) is 5.73 Å². The monoisotopic (exact) mass is 262 g/mol. The molecule has 92 valence electrons. The second-order valence-corrected chi connectivity index (χ2v) is 4.01. The zero-order chi connectivity index (χ0) is 13.0. The third kappa shape index (κ3) is 3.40. The van der Waals surface area contributed by atoms with Crippen LogP contribution in [-0.2, 0) is 0 Å². The predicted molar refractivity (Wildman–Crippen MR) is 71.2 cm³/mol. The number of ether oxygens (including phenoxy) is 1. The number of primary amides is 1. The number of urea groups is 1. The average molecular weight is 263 g/mol. The molecule has 0 aliphatic carbocycles. The molecule has 0 unspecified atom stereocenters. The molecule has 0 fully saturated rings. The molecule has 0 heterocycles. The van der Waals surface area contributed by atoms with E-state index in [4.69, 9.17) is 22.1 Å². The van der Waals surface area contributed by atoms with Crippen LogP contribution in [0, 0.1) is 0 Å². The van der Waals surface area contributed by atoms with Gasteiger partial charge in [-0.2, -0.15) is 0 Å². The van der Waals surface area contributed by atoms with E-state index in [1.54, 1.807) is 48.5 Å². The molecule has 0 aliphatic heterocycles. The first kappa shape index (κ1) is 12.3. The second-order valence-electron chi connectivity index (χ2n) is 3.57. The molecule has 0 saturated heterocycles. The second kappa shape index (κ2) is 5.42. The van der Waals surface area contributed by atoms with Crippen LogP contribution in [0.1, 0.15) is 0 Å². The van der Waals surface area contributed by atoms with Gasteiger partial charge in [0.2, 0.25) is 0 Å². The Hall–Kier alpha value is -2.20. The summed E-state index contributed by atoms with van der Waals surface area (Å²) in [7, 11) is 0. The van der Waals surface area contributed by atoms with Crippen molar-refractivity contribution >= 4 is 23.3 Å². The maximum absolute atomic E-state index is 10.7. The van der Waals surface area contributed by atoms with E-state index in [1.165, 1.54) is 0 Å². The molecule has 2 aromatic carbocycles. The van der Waals surface area contributed by atoms with Gasteiger partial charge in [0.15, 0.2) is 0 Å². The van der Waals surface area contributed by atoms with Crippen molar-refractivity contribution in [3.63, 3.8) is 0 Å². The first-order chi connectivity index (χ1) is 8.63. The number of carbonyl (C=O) groups excluding carboxylic acids is 1. The molecule has 0 spiro atoms. The fraction of sp³-hybridized carbons (Fsp3) is 0. The summed E-state index contributed by atoms with van der Waals surface area (Å²) in [5, 5.41) is 3.12. The lowest BCUT2D eigenvalue weighted by atomic mass is 10.3. The molecule has 2 amide bonds. The summed E-state index contributed by atoms with van der Waals surface area (Å²) < 4.78 is 5.60. The zero-order valence-corrected chi connectivity index (χ0v) is 10.1. The van der Waals surface area contributed by atoms with E-state index in [-0.39, 0.29) is 0 Å². The number of halogens is 1. The minimum Gasteiger partial charge on any atom is -0.457 e. The number of hydrogen-bond donors (Lipinski definition) is 2. The van der Waals surface area contributed by atoms with Crippen LogP contribution in [0.15, 0.2) is 48.5 Å². The van der Waals surface area contributed by atoms with E-state index >= 15 is 0 Å². The van der Waals surface area contributed by atoms with Crippen LogP contribution >= 0.6 is 11.6 Å². The number of nitrogens with two attached hydrogens (primary N) is 1. The Balaban J connectivity index is 2.13. The number of anilines is 1. The first-order valence-electron chi connectivity index (χ1n) is 5.23. The normalized spacial score (nSPS) is 9.83. The molecule has 0 aliphatic rings. The number of hydrogen-bond acceptors (Lipinski definition) is 2. The Bertz CT molecular complexity index is 555. The highest BCUT2D eigenvalue weighted by Gasteiger charge is 2.00. The van der Waals surface area contributed by atoms with E-state index in [2.05, 4.69) is 5.32 Å². The van der Waals surface area contributed by atoms with Crippen molar-refractivity contribution in [1.82, 2.24) is 0 Å². The molecular weight excluding hydrogens is 252 g/mol. The van der Waals surface area contributed by atoms with Crippen LogP contribution in [0.4, 0.5) is 10.5 Å². The Morgan fingerprint density at radius 3 is 2.50 bits per heavy atom. The van der Waals surface area contributed by atoms with Crippen LogP contribution < -0.4 is 15.8 Å². The van der Waals surface area contributed by atoms with Gasteiger partial charge in [0.1, 0.15) is 11.5 Å². The third-order valence-corrected chi connectivity index (χ3v) is 2.40. The lowest BCUT2D eigenvalue weighted by Gasteiger charge is -2.07. The zero-order valence-electron chi connectivity index (χ0n) is 9.39. The van der Waals surface area contributed by atoms with Gasteiger partial charge in [-0.05, 0) is 36.4 Å². The molecule has 0 bridgehead atoms. The molecular formula is C13H11ClN2O2. The summed E-state index contributed by atoms with van der Waals surface area (Å²) in [5.74, 6) is 1.26. The number of rotatable bonds is 3. The third-order valence-electron chi connectivity index (χ3n) is 2.15. The summed E-state index contributed by atoms with van der Waals surface area (Å²) in [6, 6.07) is 13.3. The Kier molecular flexibility index (Phi) is 3.69. The van der Waals surface area contributed by atoms with E-state index in [0.717, 1.165) is 0 Å². The van der Waals surface area contributed by atoms with Gasteiger partial charge in [-0.25, -0.2) is 4.79 Å². The van der Waals surface area contributed by atoms with Crippen LogP contribution in [0.2, 0.25) is 5.02 Å². The molecule has 2 aromatic rings. The molecule has 5 heteroatoms. The quantitative estimate of drug-likeness (QED) is 0.887. The van der Waals surface area contributed by atoms with Crippen molar-refractivity contribution in [3.05, 3.63) is 53.6 Å². The lowest BCUT2D eigenvalue weighted by Crippen LogP contribution is -2.19. The smallest absolute Gasteiger partial charge is 0.316 e. The fourth-order valence-electron chi connectivity index (χ4n) is 1.42. The summed E-state index contributed by atoms with van der Waals surface area (Å²) >= 11 is 5.78. The van der Waals surface area contributed by atoms with Gasteiger partial charge in [-0.15, -0.1) is 0 Å². The van der Waals surface area contributed by atoms with Crippen molar-refractivity contribution in [2.45, 2.75) is 0 Å². The van der Waals surface area contributed by atoms with Crippen LogP contribution in [-0.4, -0.2) is 6.03 Å². The Morgan fingerprint density at radius 1 is 1.11 bits per heavy atom. The van der Waals surface area contributed by atoms with Crippen molar-refractivity contribution in [3.8, 4) is 11.5 Å². The summed E-state index contributed by atoms with van der Waals surface area (Å²) in [4.78, 5) is 10.7. The van der Waals surface area contributed by atoms with Crippen molar-refractivity contribution < 1.29 is 9.53 Å². The van der Waals surface area contributed by atoms with E-state index in [1.807, 2.05) is 0 Å². The summed E-state index contributed by atoms with van der Waals surface area (Å²) in [5.41, 5.74) is 5.62. The van der Waals surface area contributed by atoms with E-state index in [0.29, 0.717) is 22.2 Å². The van der Waals surface area contributed by atoms with Gasteiger partial charge >= 0.3 is 6.03 Å². The summed E-state index contributed by atoms with van der Waals surface area (Å²) in [6.07, 6.45) is 0. The highest BCUT2D eigenvalue weighted by atomic mass is 35.5. The highest BCUT2D eigenvalue weighted by Crippen LogP contribution is 2.25. The number of benzene rings is 2.